The summed E-state index contributed by atoms with van der Waals surface area (Å²) in [6, 6.07) is -0.114. The highest BCUT2D eigenvalue weighted by molar-refractivity contribution is 5.71. The Hall–Kier alpha value is -1.03. The lowest BCUT2D eigenvalue weighted by Gasteiger charge is -2.19. The molecule has 2 N–H and O–H groups in total. The first kappa shape index (κ1) is 10.1. The lowest BCUT2D eigenvalue weighted by Crippen LogP contribution is -2.31. The van der Waals surface area contributed by atoms with Crippen molar-refractivity contribution in [1.82, 2.24) is 4.90 Å². The Balaban J connectivity index is 2.72. The molecule has 1 saturated heterocycles. The van der Waals surface area contributed by atoms with Crippen LogP contribution in [0.5, 0.6) is 0 Å². The van der Waals surface area contributed by atoms with Crippen LogP contribution in [0, 0.1) is 5.92 Å². The lowest BCUT2D eigenvalue weighted by atomic mass is 10.0. The zero-order valence-electron chi connectivity index (χ0n) is 7.84. The Morgan fingerprint density at radius 3 is 2.62 bits per heavy atom. The minimum absolute atomic E-state index is 0.114. The number of nitrogens with zero attached hydrogens (tertiary/aromatic N) is 1. The summed E-state index contributed by atoms with van der Waals surface area (Å²) in [5.41, 5.74) is 0. The van der Waals surface area contributed by atoms with Gasteiger partial charge in [-0.15, -0.1) is 0 Å². The molecule has 0 aromatic carbocycles. The molecule has 1 heterocycles. The topological polar surface area (TPSA) is 60.8 Å². The average molecular weight is 185 g/mol. The van der Waals surface area contributed by atoms with Gasteiger partial charge in [0.2, 0.25) is 0 Å². The van der Waals surface area contributed by atoms with E-state index in [1.165, 1.54) is 0 Å². The number of carboxylic acid groups (broad SMARTS) is 1. The van der Waals surface area contributed by atoms with Gasteiger partial charge in [0, 0.05) is 6.54 Å². The molecule has 4 heteroatoms. The third-order valence-electron chi connectivity index (χ3n) is 2.49. The van der Waals surface area contributed by atoms with Crippen molar-refractivity contribution in [1.29, 1.82) is 0 Å². The number of rotatable bonds is 2. The van der Waals surface area contributed by atoms with Gasteiger partial charge in [0.05, 0.1) is 12.1 Å². The van der Waals surface area contributed by atoms with Crippen LogP contribution in [0.25, 0.3) is 0 Å². The summed E-state index contributed by atoms with van der Waals surface area (Å²) in [6.07, 6.45) is 2.89. The van der Waals surface area contributed by atoms with Crippen molar-refractivity contribution in [3.63, 3.8) is 0 Å². The SMILES string of the molecule is C/C=C/N1C[C@@H](C(=O)O)[C@H](O)[C@H]1C. The van der Waals surface area contributed by atoms with E-state index in [9.17, 15) is 9.90 Å². The van der Waals surface area contributed by atoms with Gasteiger partial charge in [-0.2, -0.15) is 0 Å². The van der Waals surface area contributed by atoms with Crippen LogP contribution < -0.4 is 0 Å². The molecule has 13 heavy (non-hydrogen) atoms. The Bertz CT molecular complexity index is 227. The van der Waals surface area contributed by atoms with E-state index >= 15 is 0 Å². The Morgan fingerprint density at radius 2 is 2.23 bits per heavy atom. The second-order valence-corrected chi connectivity index (χ2v) is 3.36. The Morgan fingerprint density at radius 1 is 1.62 bits per heavy atom. The molecule has 0 aliphatic carbocycles. The number of carbonyl (C=O) groups is 1. The fourth-order valence-corrected chi connectivity index (χ4v) is 1.65. The minimum atomic E-state index is -0.925. The number of likely N-dealkylation sites (tertiary alicyclic amines) is 1. The van der Waals surface area contributed by atoms with E-state index in [1.54, 1.807) is 0 Å². The molecule has 0 aromatic heterocycles. The van der Waals surface area contributed by atoms with Crippen molar-refractivity contribution in [3.05, 3.63) is 12.3 Å². The molecule has 0 amide bonds. The molecule has 1 rings (SSSR count). The number of hydrogen-bond donors (Lipinski definition) is 2. The molecule has 0 bridgehead atoms. The summed E-state index contributed by atoms with van der Waals surface area (Å²) in [5.74, 6) is -1.59. The van der Waals surface area contributed by atoms with Gasteiger partial charge in [-0.3, -0.25) is 4.79 Å². The first-order chi connectivity index (χ1) is 6.07. The fraction of sp³-hybridized carbons (Fsp3) is 0.667. The van der Waals surface area contributed by atoms with Gasteiger partial charge in [0.25, 0.3) is 0 Å². The zero-order chi connectivity index (χ0) is 10.0. The second-order valence-electron chi connectivity index (χ2n) is 3.36. The smallest absolute Gasteiger partial charge is 0.311 e. The molecule has 74 valence electrons. The highest BCUT2D eigenvalue weighted by Gasteiger charge is 2.40. The third kappa shape index (κ3) is 1.83. The number of aliphatic hydroxyl groups is 1. The van der Waals surface area contributed by atoms with Gasteiger partial charge < -0.3 is 15.1 Å². The van der Waals surface area contributed by atoms with Gasteiger partial charge in [0.1, 0.15) is 5.92 Å². The van der Waals surface area contributed by atoms with Crippen LogP contribution >= 0.6 is 0 Å². The van der Waals surface area contributed by atoms with Crippen LogP contribution in [0.4, 0.5) is 0 Å². The standard InChI is InChI=1S/C9H15NO3/c1-3-4-10-5-7(9(12)13)8(11)6(10)2/h3-4,6-8,11H,5H2,1-2H3,(H,12,13)/b4-3+/t6-,7-,8-/m1/s1. The van der Waals surface area contributed by atoms with E-state index in [2.05, 4.69) is 0 Å². The van der Waals surface area contributed by atoms with Crippen molar-refractivity contribution in [3.8, 4) is 0 Å². The molecule has 1 fully saturated rings. The molecule has 0 saturated carbocycles. The maximum absolute atomic E-state index is 10.7. The van der Waals surface area contributed by atoms with Gasteiger partial charge in [0.15, 0.2) is 0 Å². The molecule has 3 atom stereocenters. The average Bonchev–Trinajstić information content (AvgIpc) is 2.33. The van der Waals surface area contributed by atoms with Crippen molar-refractivity contribution < 1.29 is 15.0 Å². The monoisotopic (exact) mass is 185 g/mol. The number of aliphatic hydroxyl groups excluding tert-OH is 1. The number of carboxylic acids is 1. The van der Waals surface area contributed by atoms with E-state index in [0.29, 0.717) is 6.54 Å². The van der Waals surface area contributed by atoms with Crippen molar-refractivity contribution >= 4 is 5.97 Å². The molecule has 1 aliphatic rings. The molecule has 0 aromatic rings. The number of allylic oxidation sites excluding steroid dienone is 1. The van der Waals surface area contributed by atoms with Gasteiger partial charge in [-0.05, 0) is 20.0 Å². The van der Waals surface area contributed by atoms with E-state index in [0.717, 1.165) is 0 Å². The quantitative estimate of drug-likeness (QED) is 0.649. The maximum Gasteiger partial charge on any atom is 0.311 e. The van der Waals surface area contributed by atoms with Gasteiger partial charge >= 0.3 is 5.97 Å². The maximum atomic E-state index is 10.7. The van der Waals surface area contributed by atoms with Crippen LogP contribution in [-0.4, -0.2) is 39.8 Å². The van der Waals surface area contributed by atoms with Crippen LogP contribution in [-0.2, 0) is 4.79 Å². The molecule has 1 aliphatic heterocycles. The molecular weight excluding hydrogens is 170 g/mol. The summed E-state index contributed by atoms with van der Waals surface area (Å²) in [6.45, 7) is 4.09. The van der Waals surface area contributed by atoms with Crippen LogP contribution in [0.3, 0.4) is 0 Å². The van der Waals surface area contributed by atoms with Crippen LogP contribution in [0.15, 0.2) is 12.3 Å². The largest absolute Gasteiger partial charge is 0.481 e. The third-order valence-corrected chi connectivity index (χ3v) is 2.49. The predicted molar refractivity (Wildman–Crippen MR) is 48.1 cm³/mol. The zero-order valence-corrected chi connectivity index (χ0v) is 7.84. The minimum Gasteiger partial charge on any atom is -0.481 e. The van der Waals surface area contributed by atoms with E-state index in [-0.39, 0.29) is 6.04 Å². The molecule has 0 unspecified atom stereocenters. The highest BCUT2D eigenvalue weighted by Crippen LogP contribution is 2.23. The second kappa shape index (κ2) is 3.79. The van der Waals surface area contributed by atoms with Crippen molar-refractivity contribution in [2.24, 2.45) is 5.92 Å². The fourth-order valence-electron chi connectivity index (χ4n) is 1.65. The Labute approximate surface area is 77.5 Å². The summed E-state index contributed by atoms with van der Waals surface area (Å²) < 4.78 is 0. The van der Waals surface area contributed by atoms with E-state index in [1.807, 2.05) is 31.0 Å². The normalized spacial score (nSPS) is 34.4. The van der Waals surface area contributed by atoms with Crippen LogP contribution in [0.2, 0.25) is 0 Å². The van der Waals surface area contributed by atoms with Crippen LogP contribution in [0.1, 0.15) is 13.8 Å². The van der Waals surface area contributed by atoms with Crippen molar-refractivity contribution in [2.75, 3.05) is 6.54 Å². The summed E-state index contributed by atoms with van der Waals surface area (Å²) in [5, 5.41) is 18.3. The number of aliphatic carboxylic acids is 1. The summed E-state index contributed by atoms with van der Waals surface area (Å²) >= 11 is 0. The van der Waals surface area contributed by atoms with Gasteiger partial charge in [-0.1, -0.05) is 6.08 Å². The van der Waals surface area contributed by atoms with E-state index in [4.69, 9.17) is 5.11 Å². The van der Waals surface area contributed by atoms with Gasteiger partial charge in [-0.25, -0.2) is 0 Å². The summed E-state index contributed by atoms with van der Waals surface area (Å²) in [4.78, 5) is 12.5. The molecule has 4 nitrogen and oxygen atoms in total. The Kier molecular flexibility index (Phi) is 2.93. The lowest BCUT2D eigenvalue weighted by molar-refractivity contribution is -0.144. The highest BCUT2D eigenvalue weighted by atomic mass is 16.4. The number of hydrogen-bond acceptors (Lipinski definition) is 3. The summed E-state index contributed by atoms with van der Waals surface area (Å²) in [7, 11) is 0. The molecule has 0 spiro atoms. The first-order valence-electron chi connectivity index (χ1n) is 4.37. The van der Waals surface area contributed by atoms with E-state index < -0.39 is 18.0 Å². The van der Waals surface area contributed by atoms with Crippen molar-refractivity contribution in [2.45, 2.75) is 26.0 Å². The molecule has 0 radical (unpaired) electrons. The molecular formula is C9H15NO3. The predicted octanol–water partition coefficient (Wildman–Crippen LogP) is 0.286. The first-order valence-corrected chi connectivity index (χ1v) is 4.37.